The molecule has 0 bridgehead atoms. The summed E-state index contributed by atoms with van der Waals surface area (Å²) in [5.41, 5.74) is 0. The molecule has 0 aromatic rings. The van der Waals surface area contributed by atoms with Crippen molar-refractivity contribution in [3.05, 3.63) is 0 Å². The molecular weight excluding hydrogens is 152 g/mol. The third-order valence-corrected chi connectivity index (χ3v) is 2.96. The van der Waals surface area contributed by atoms with Gasteiger partial charge in [0, 0.05) is 25.7 Å². The van der Waals surface area contributed by atoms with Crippen molar-refractivity contribution in [2.45, 2.75) is 37.5 Å². The van der Waals surface area contributed by atoms with Crippen molar-refractivity contribution in [2.24, 2.45) is 0 Å². The van der Waals surface area contributed by atoms with Gasteiger partial charge in [0.15, 0.2) is 0 Å². The zero-order chi connectivity index (χ0) is 8.39. The summed E-state index contributed by atoms with van der Waals surface area (Å²) in [5, 5.41) is 6.99. The van der Waals surface area contributed by atoms with E-state index >= 15 is 0 Å². The van der Waals surface area contributed by atoms with E-state index in [1.807, 2.05) is 0 Å². The van der Waals surface area contributed by atoms with Crippen molar-refractivity contribution >= 4 is 0 Å². The largest absolute Gasteiger partial charge is 0.381 e. The van der Waals surface area contributed by atoms with Crippen molar-refractivity contribution in [1.29, 1.82) is 0 Å². The number of nitrogens with one attached hydrogen (secondary N) is 2. The second-order valence-electron chi connectivity index (χ2n) is 3.88. The molecule has 12 heavy (non-hydrogen) atoms. The molecule has 1 saturated heterocycles. The molecule has 1 aliphatic heterocycles. The van der Waals surface area contributed by atoms with E-state index in [0.29, 0.717) is 12.1 Å². The van der Waals surface area contributed by atoms with Crippen LogP contribution in [0.2, 0.25) is 0 Å². The lowest BCUT2D eigenvalue weighted by Crippen LogP contribution is -2.49. The number of rotatable bonds is 3. The Balaban J connectivity index is 1.62. The minimum absolute atomic E-state index is 0.525. The van der Waals surface area contributed by atoms with Crippen LogP contribution in [0.1, 0.15) is 19.3 Å². The Morgan fingerprint density at radius 2 is 2.17 bits per heavy atom. The average Bonchev–Trinajstić information content (AvgIpc) is 2.47. The van der Waals surface area contributed by atoms with Gasteiger partial charge in [-0.1, -0.05) is 0 Å². The highest BCUT2D eigenvalue weighted by atomic mass is 16.5. The van der Waals surface area contributed by atoms with Crippen LogP contribution in [0, 0.1) is 0 Å². The molecule has 0 amide bonds. The second kappa shape index (κ2) is 3.73. The second-order valence-corrected chi connectivity index (χ2v) is 3.88. The summed E-state index contributed by atoms with van der Waals surface area (Å²) in [6.07, 6.45) is 4.21. The highest BCUT2D eigenvalue weighted by molar-refractivity contribution is 4.90. The maximum Gasteiger partial charge on any atom is 0.0601 e. The van der Waals surface area contributed by atoms with Crippen LogP contribution in [0.5, 0.6) is 0 Å². The molecule has 2 rings (SSSR count). The van der Waals surface area contributed by atoms with Crippen LogP contribution in [0.4, 0.5) is 0 Å². The highest BCUT2D eigenvalue weighted by Crippen LogP contribution is 2.23. The van der Waals surface area contributed by atoms with Crippen LogP contribution >= 0.6 is 0 Å². The van der Waals surface area contributed by atoms with E-state index in [-0.39, 0.29) is 0 Å². The molecular formula is C9H18N2O. The fourth-order valence-electron chi connectivity index (χ4n) is 2.02. The molecule has 1 unspecified atom stereocenters. The quantitative estimate of drug-likeness (QED) is 0.631. The average molecular weight is 170 g/mol. The maximum absolute atomic E-state index is 5.23. The molecule has 0 radical (unpaired) electrons. The van der Waals surface area contributed by atoms with Gasteiger partial charge in [-0.05, 0) is 25.8 Å². The van der Waals surface area contributed by atoms with Crippen molar-refractivity contribution in [1.82, 2.24) is 10.6 Å². The Morgan fingerprint density at radius 1 is 1.33 bits per heavy atom. The third-order valence-electron chi connectivity index (χ3n) is 2.96. The molecule has 70 valence electrons. The van der Waals surface area contributed by atoms with Gasteiger partial charge in [0.05, 0.1) is 6.10 Å². The normalized spacial score (nSPS) is 41.2. The first kappa shape index (κ1) is 8.48. The standard InChI is InChI=1S/C9H18N2O/c1-12-9-4-8(5-9)11-7-2-3-10-6-7/h7-11H,2-6H2,1H3/t7?,8-,9+. The summed E-state index contributed by atoms with van der Waals surface area (Å²) in [6, 6.07) is 1.44. The SMILES string of the molecule is CO[C@H]1C[C@@H](NC2CCNC2)C1. The van der Waals surface area contributed by atoms with E-state index < -0.39 is 0 Å². The van der Waals surface area contributed by atoms with Gasteiger partial charge in [-0.25, -0.2) is 0 Å². The molecule has 2 aliphatic rings. The van der Waals surface area contributed by atoms with Crippen molar-refractivity contribution in [3.8, 4) is 0 Å². The summed E-state index contributed by atoms with van der Waals surface area (Å²) >= 11 is 0. The minimum atomic E-state index is 0.525. The van der Waals surface area contributed by atoms with Crippen molar-refractivity contribution in [3.63, 3.8) is 0 Å². The Morgan fingerprint density at radius 3 is 2.75 bits per heavy atom. The van der Waals surface area contributed by atoms with E-state index in [4.69, 9.17) is 4.74 Å². The lowest BCUT2D eigenvalue weighted by molar-refractivity contribution is 0.0148. The van der Waals surface area contributed by atoms with Gasteiger partial charge in [-0.3, -0.25) is 0 Å². The van der Waals surface area contributed by atoms with Gasteiger partial charge in [-0.15, -0.1) is 0 Å². The molecule has 0 spiro atoms. The summed E-state index contributed by atoms with van der Waals surface area (Å²) in [7, 11) is 1.80. The number of hydrogen-bond donors (Lipinski definition) is 2. The van der Waals surface area contributed by atoms with Gasteiger partial charge < -0.3 is 15.4 Å². The molecule has 1 saturated carbocycles. The number of hydrogen-bond acceptors (Lipinski definition) is 3. The number of ether oxygens (including phenoxy) is 1. The first-order chi connectivity index (χ1) is 5.88. The van der Waals surface area contributed by atoms with Gasteiger partial charge >= 0.3 is 0 Å². The first-order valence-corrected chi connectivity index (χ1v) is 4.88. The van der Waals surface area contributed by atoms with E-state index in [2.05, 4.69) is 10.6 Å². The van der Waals surface area contributed by atoms with Crippen LogP contribution in [-0.4, -0.2) is 38.4 Å². The number of methoxy groups -OCH3 is 1. The van der Waals surface area contributed by atoms with Crippen LogP contribution in [0.25, 0.3) is 0 Å². The summed E-state index contributed by atoms with van der Waals surface area (Å²) in [5.74, 6) is 0. The Bertz CT molecular complexity index is 139. The van der Waals surface area contributed by atoms with Crippen LogP contribution in [0.3, 0.4) is 0 Å². The molecule has 1 atom stereocenters. The zero-order valence-corrected chi connectivity index (χ0v) is 7.68. The molecule has 1 heterocycles. The molecule has 3 heteroatoms. The fraction of sp³-hybridized carbons (Fsp3) is 1.00. The molecule has 1 aliphatic carbocycles. The predicted molar refractivity (Wildman–Crippen MR) is 48.2 cm³/mol. The molecule has 2 N–H and O–H groups in total. The van der Waals surface area contributed by atoms with E-state index in [0.717, 1.165) is 12.6 Å². The van der Waals surface area contributed by atoms with Crippen molar-refractivity contribution < 1.29 is 4.74 Å². The van der Waals surface area contributed by atoms with Gasteiger partial charge in [0.1, 0.15) is 0 Å². The van der Waals surface area contributed by atoms with Crippen LogP contribution in [0.15, 0.2) is 0 Å². The summed E-state index contributed by atoms with van der Waals surface area (Å²) in [4.78, 5) is 0. The highest BCUT2D eigenvalue weighted by Gasteiger charge is 2.30. The Labute approximate surface area is 73.9 Å². The van der Waals surface area contributed by atoms with Crippen LogP contribution < -0.4 is 10.6 Å². The maximum atomic E-state index is 5.23. The van der Waals surface area contributed by atoms with Gasteiger partial charge in [0.2, 0.25) is 0 Å². The minimum Gasteiger partial charge on any atom is -0.381 e. The molecule has 3 nitrogen and oxygen atoms in total. The molecule has 2 fully saturated rings. The lowest BCUT2D eigenvalue weighted by atomic mass is 9.88. The first-order valence-electron chi connectivity index (χ1n) is 4.88. The van der Waals surface area contributed by atoms with E-state index in [9.17, 15) is 0 Å². The van der Waals surface area contributed by atoms with E-state index in [1.165, 1.54) is 25.8 Å². The van der Waals surface area contributed by atoms with E-state index in [1.54, 1.807) is 7.11 Å². The fourth-order valence-corrected chi connectivity index (χ4v) is 2.02. The van der Waals surface area contributed by atoms with Crippen LogP contribution in [-0.2, 0) is 4.74 Å². The predicted octanol–water partition coefficient (Wildman–Crippen LogP) is 0.115. The lowest BCUT2D eigenvalue weighted by Gasteiger charge is -2.36. The third kappa shape index (κ3) is 1.79. The van der Waals surface area contributed by atoms with Crippen molar-refractivity contribution in [2.75, 3.05) is 20.2 Å². The van der Waals surface area contributed by atoms with Gasteiger partial charge in [-0.2, -0.15) is 0 Å². The molecule has 0 aromatic carbocycles. The van der Waals surface area contributed by atoms with Gasteiger partial charge in [0.25, 0.3) is 0 Å². The topological polar surface area (TPSA) is 33.3 Å². The smallest absolute Gasteiger partial charge is 0.0601 e. The summed E-state index contributed by atoms with van der Waals surface area (Å²) in [6.45, 7) is 2.33. The Kier molecular flexibility index (Phi) is 2.63. The Hall–Kier alpha value is -0.120. The monoisotopic (exact) mass is 170 g/mol. The zero-order valence-electron chi connectivity index (χ0n) is 7.68. The summed E-state index contributed by atoms with van der Waals surface area (Å²) < 4.78 is 5.23. The molecule has 0 aromatic heterocycles.